The van der Waals surface area contributed by atoms with Gasteiger partial charge in [-0.15, -0.1) is 0 Å². The van der Waals surface area contributed by atoms with Crippen molar-refractivity contribution in [2.24, 2.45) is 0 Å². The summed E-state index contributed by atoms with van der Waals surface area (Å²) in [5, 5.41) is 19.3. The molecule has 2 heterocycles. The number of ketones is 1. The second-order valence-corrected chi connectivity index (χ2v) is 5.02. The Labute approximate surface area is 121 Å². The fourth-order valence-electron chi connectivity index (χ4n) is 2.39. The molecule has 1 aliphatic heterocycles. The van der Waals surface area contributed by atoms with Crippen molar-refractivity contribution >= 4 is 11.5 Å². The Kier molecular flexibility index (Phi) is 5.43. The van der Waals surface area contributed by atoms with Crippen molar-refractivity contribution in [1.29, 1.82) is 0 Å². The number of likely N-dealkylation sites (tertiary alicyclic amines) is 1. The lowest BCUT2D eigenvalue weighted by Crippen LogP contribution is -2.40. The summed E-state index contributed by atoms with van der Waals surface area (Å²) < 4.78 is 5.46. The third kappa shape index (κ3) is 4.35. The van der Waals surface area contributed by atoms with Crippen molar-refractivity contribution < 1.29 is 19.6 Å². The van der Waals surface area contributed by atoms with Crippen LogP contribution in [0, 0.1) is 10.1 Å². The van der Waals surface area contributed by atoms with Gasteiger partial charge in [0, 0.05) is 19.2 Å². The van der Waals surface area contributed by atoms with Gasteiger partial charge >= 0.3 is 0 Å². The summed E-state index contributed by atoms with van der Waals surface area (Å²) in [5.74, 6) is -0.155. The number of aliphatic hydroxyl groups is 1. The molecule has 1 aliphatic rings. The van der Waals surface area contributed by atoms with E-state index in [0.717, 1.165) is 25.9 Å². The third-order valence-corrected chi connectivity index (χ3v) is 3.53. The standard InChI is InChI=1S/C13H19N3O5/c17-5-6-21-11-1-3-15(4-2-11)9-13(18)12-7-10(8-14-12)16(19)20/h7-8,11,14,17H,1-6,9H2. The van der Waals surface area contributed by atoms with E-state index in [9.17, 15) is 14.9 Å². The predicted octanol–water partition coefficient (Wildman–Crippen LogP) is 0.579. The Morgan fingerprint density at radius 3 is 2.81 bits per heavy atom. The topological polar surface area (TPSA) is 109 Å². The van der Waals surface area contributed by atoms with E-state index in [0.29, 0.717) is 6.61 Å². The summed E-state index contributed by atoms with van der Waals surface area (Å²) in [6.45, 7) is 2.08. The summed E-state index contributed by atoms with van der Waals surface area (Å²) in [6, 6.07) is 1.26. The van der Waals surface area contributed by atoms with Crippen LogP contribution in [0.15, 0.2) is 12.3 Å². The van der Waals surface area contributed by atoms with E-state index in [-0.39, 0.29) is 36.4 Å². The minimum absolute atomic E-state index is 0.0182. The Morgan fingerprint density at radius 2 is 2.24 bits per heavy atom. The second kappa shape index (κ2) is 7.30. The van der Waals surface area contributed by atoms with Crippen LogP contribution in [0.1, 0.15) is 23.3 Å². The van der Waals surface area contributed by atoms with Crippen molar-refractivity contribution in [3.8, 4) is 0 Å². The molecule has 0 bridgehead atoms. The molecule has 116 valence electrons. The van der Waals surface area contributed by atoms with E-state index < -0.39 is 4.92 Å². The number of hydrogen-bond acceptors (Lipinski definition) is 6. The quantitative estimate of drug-likeness (QED) is 0.433. The molecule has 1 saturated heterocycles. The number of rotatable bonds is 7. The first-order chi connectivity index (χ1) is 10.1. The van der Waals surface area contributed by atoms with E-state index >= 15 is 0 Å². The Bertz CT molecular complexity index is 494. The minimum Gasteiger partial charge on any atom is -0.394 e. The number of aliphatic hydroxyl groups excluding tert-OH is 1. The molecule has 1 aromatic heterocycles. The summed E-state index contributed by atoms with van der Waals surface area (Å²) in [4.78, 5) is 26.7. The maximum absolute atomic E-state index is 12.0. The number of aromatic nitrogens is 1. The number of nitro groups is 1. The zero-order valence-electron chi connectivity index (χ0n) is 11.7. The van der Waals surface area contributed by atoms with Gasteiger partial charge in [0.25, 0.3) is 5.69 Å². The average Bonchev–Trinajstić information content (AvgIpc) is 2.97. The molecule has 0 spiro atoms. The highest BCUT2D eigenvalue weighted by molar-refractivity contribution is 5.96. The number of aromatic amines is 1. The highest BCUT2D eigenvalue weighted by Crippen LogP contribution is 2.16. The number of ether oxygens (including phenoxy) is 1. The predicted molar refractivity (Wildman–Crippen MR) is 74.3 cm³/mol. The van der Waals surface area contributed by atoms with Gasteiger partial charge in [-0.05, 0) is 12.8 Å². The third-order valence-electron chi connectivity index (χ3n) is 3.53. The van der Waals surface area contributed by atoms with Gasteiger partial charge in [-0.3, -0.25) is 19.8 Å². The molecule has 1 fully saturated rings. The van der Waals surface area contributed by atoms with Crippen LogP contribution >= 0.6 is 0 Å². The normalized spacial score (nSPS) is 17.0. The van der Waals surface area contributed by atoms with Crippen LogP contribution in [-0.2, 0) is 4.74 Å². The van der Waals surface area contributed by atoms with Crippen molar-refractivity contribution in [2.45, 2.75) is 18.9 Å². The highest BCUT2D eigenvalue weighted by atomic mass is 16.6. The fraction of sp³-hybridized carbons (Fsp3) is 0.615. The number of Topliss-reactive ketones (excluding diaryl/α,β-unsaturated/α-hetero) is 1. The lowest BCUT2D eigenvalue weighted by atomic mass is 10.1. The zero-order valence-corrected chi connectivity index (χ0v) is 11.7. The van der Waals surface area contributed by atoms with Crippen molar-refractivity contribution in [3.05, 3.63) is 28.1 Å². The molecule has 2 rings (SSSR count). The summed E-state index contributed by atoms with van der Waals surface area (Å²) in [5.41, 5.74) is 0.162. The zero-order chi connectivity index (χ0) is 15.2. The average molecular weight is 297 g/mol. The Balaban J connectivity index is 1.79. The molecule has 0 atom stereocenters. The minimum atomic E-state index is -0.530. The van der Waals surface area contributed by atoms with E-state index in [1.807, 2.05) is 4.90 Å². The molecular weight excluding hydrogens is 278 g/mol. The number of piperidine rings is 1. The van der Waals surface area contributed by atoms with Crippen LogP contribution < -0.4 is 0 Å². The second-order valence-electron chi connectivity index (χ2n) is 5.02. The molecule has 1 aromatic rings. The van der Waals surface area contributed by atoms with Crippen LogP contribution in [0.3, 0.4) is 0 Å². The Hall–Kier alpha value is -1.77. The van der Waals surface area contributed by atoms with Crippen molar-refractivity contribution in [3.63, 3.8) is 0 Å². The molecule has 0 radical (unpaired) electrons. The molecule has 21 heavy (non-hydrogen) atoms. The number of hydrogen-bond donors (Lipinski definition) is 2. The number of carbonyl (C=O) groups is 1. The SMILES string of the molecule is O=C(CN1CCC(OCCO)CC1)c1cc([N+](=O)[O-])c[nH]1. The maximum atomic E-state index is 12.0. The monoisotopic (exact) mass is 297 g/mol. The fourth-order valence-corrected chi connectivity index (χ4v) is 2.39. The first-order valence-electron chi connectivity index (χ1n) is 6.91. The molecule has 0 amide bonds. The van der Waals surface area contributed by atoms with Crippen molar-refractivity contribution in [2.75, 3.05) is 32.8 Å². The van der Waals surface area contributed by atoms with Gasteiger partial charge in [0.1, 0.15) is 0 Å². The van der Waals surface area contributed by atoms with E-state index in [1.54, 1.807) is 0 Å². The molecule has 2 N–H and O–H groups in total. The van der Waals surface area contributed by atoms with Gasteiger partial charge in [0.2, 0.25) is 0 Å². The molecule has 0 saturated carbocycles. The van der Waals surface area contributed by atoms with Crippen LogP contribution in [-0.4, -0.2) is 64.6 Å². The van der Waals surface area contributed by atoms with Gasteiger partial charge in [0.15, 0.2) is 5.78 Å². The molecular formula is C13H19N3O5. The van der Waals surface area contributed by atoms with Crippen molar-refractivity contribution in [1.82, 2.24) is 9.88 Å². The van der Waals surface area contributed by atoms with Gasteiger partial charge in [-0.25, -0.2) is 0 Å². The Morgan fingerprint density at radius 1 is 1.52 bits per heavy atom. The molecule has 8 nitrogen and oxygen atoms in total. The first-order valence-corrected chi connectivity index (χ1v) is 6.91. The molecule has 0 aliphatic carbocycles. The lowest BCUT2D eigenvalue weighted by molar-refractivity contribution is -0.384. The van der Waals surface area contributed by atoms with Gasteiger partial charge in [-0.1, -0.05) is 0 Å². The van der Waals surface area contributed by atoms with Gasteiger partial charge in [0.05, 0.1) is 42.7 Å². The summed E-state index contributed by atoms with van der Waals surface area (Å²) in [6.07, 6.45) is 2.99. The number of H-pyrrole nitrogens is 1. The number of nitrogens with zero attached hydrogens (tertiary/aromatic N) is 2. The van der Waals surface area contributed by atoms with Crippen LogP contribution in [0.4, 0.5) is 5.69 Å². The van der Waals surface area contributed by atoms with E-state index in [1.165, 1.54) is 12.3 Å². The highest BCUT2D eigenvalue weighted by Gasteiger charge is 2.22. The smallest absolute Gasteiger partial charge is 0.287 e. The van der Waals surface area contributed by atoms with Crippen LogP contribution in [0.25, 0.3) is 0 Å². The van der Waals surface area contributed by atoms with Crippen LogP contribution in [0.5, 0.6) is 0 Å². The summed E-state index contributed by atoms with van der Waals surface area (Å²) in [7, 11) is 0. The number of nitrogens with one attached hydrogen (secondary N) is 1. The maximum Gasteiger partial charge on any atom is 0.287 e. The summed E-state index contributed by atoms with van der Waals surface area (Å²) >= 11 is 0. The van der Waals surface area contributed by atoms with E-state index in [4.69, 9.17) is 9.84 Å². The largest absolute Gasteiger partial charge is 0.394 e. The van der Waals surface area contributed by atoms with E-state index in [2.05, 4.69) is 4.98 Å². The first kappa shape index (κ1) is 15.6. The van der Waals surface area contributed by atoms with Crippen LogP contribution in [0.2, 0.25) is 0 Å². The molecule has 0 aromatic carbocycles. The molecule has 0 unspecified atom stereocenters. The molecule has 8 heteroatoms. The lowest BCUT2D eigenvalue weighted by Gasteiger charge is -2.31. The van der Waals surface area contributed by atoms with Gasteiger partial charge < -0.3 is 14.8 Å². The number of carbonyl (C=O) groups excluding carboxylic acids is 1. The van der Waals surface area contributed by atoms with Gasteiger partial charge in [-0.2, -0.15) is 0 Å².